The number of hydrogen-bond donors (Lipinski definition) is 0. The van der Waals surface area contributed by atoms with Gasteiger partial charge in [0.15, 0.2) is 0 Å². The minimum atomic E-state index is 0.115. The van der Waals surface area contributed by atoms with E-state index >= 15 is 0 Å². The molecule has 0 unspecified atom stereocenters. The van der Waals surface area contributed by atoms with Crippen molar-refractivity contribution >= 4 is 43.6 Å². The summed E-state index contributed by atoms with van der Waals surface area (Å²) in [7, 11) is 0. The van der Waals surface area contributed by atoms with Crippen LogP contribution < -0.4 is 0 Å². The largest absolute Gasteiger partial charge is 0.456 e. The van der Waals surface area contributed by atoms with Gasteiger partial charge in [0.1, 0.15) is 11.2 Å². The van der Waals surface area contributed by atoms with Gasteiger partial charge in [0.2, 0.25) is 0 Å². The van der Waals surface area contributed by atoms with Crippen LogP contribution in [-0.2, 0) is 5.41 Å². The summed E-state index contributed by atoms with van der Waals surface area (Å²) >= 11 is 0. The maximum absolute atomic E-state index is 6.08. The molecule has 0 aliphatic heterocycles. The van der Waals surface area contributed by atoms with Crippen LogP contribution in [0.3, 0.4) is 0 Å². The Labute approximate surface area is 140 Å². The predicted molar refractivity (Wildman–Crippen MR) is 101 cm³/mol. The smallest absolute Gasteiger partial charge is 0.139 e. The van der Waals surface area contributed by atoms with E-state index in [1.54, 1.807) is 0 Å². The van der Waals surface area contributed by atoms with Crippen LogP contribution in [0.1, 0.15) is 31.9 Å². The Kier molecular flexibility index (Phi) is 2.45. The minimum absolute atomic E-state index is 0.115. The second-order valence-corrected chi connectivity index (χ2v) is 7.78. The van der Waals surface area contributed by atoms with Crippen LogP contribution in [0.4, 0.5) is 0 Å². The van der Waals surface area contributed by atoms with E-state index in [-0.39, 0.29) is 5.41 Å². The van der Waals surface area contributed by atoms with E-state index in [9.17, 15) is 0 Å². The van der Waals surface area contributed by atoms with Crippen molar-refractivity contribution < 1.29 is 4.42 Å². The van der Waals surface area contributed by atoms with Crippen LogP contribution in [0.25, 0.3) is 43.6 Å². The third kappa shape index (κ3) is 1.63. The summed E-state index contributed by atoms with van der Waals surface area (Å²) in [6.45, 7) is 8.99. The van der Waals surface area contributed by atoms with Crippen molar-refractivity contribution in [1.82, 2.24) is 4.98 Å². The van der Waals surface area contributed by atoms with Gasteiger partial charge in [-0.1, -0.05) is 39.0 Å². The van der Waals surface area contributed by atoms with Gasteiger partial charge < -0.3 is 4.42 Å². The van der Waals surface area contributed by atoms with Crippen molar-refractivity contribution in [2.45, 2.75) is 33.1 Å². The molecule has 0 radical (unpaired) electrons. The summed E-state index contributed by atoms with van der Waals surface area (Å²) in [4.78, 5) is 4.73. The number of furan rings is 1. The Bertz CT molecular complexity index is 1240. The fourth-order valence-electron chi connectivity index (χ4n) is 3.92. The molecule has 0 aliphatic carbocycles. The first kappa shape index (κ1) is 13.8. The van der Waals surface area contributed by atoms with E-state index in [1.165, 1.54) is 32.7 Å². The highest BCUT2D eigenvalue weighted by atomic mass is 16.3. The van der Waals surface area contributed by atoms with Gasteiger partial charge >= 0.3 is 0 Å². The van der Waals surface area contributed by atoms with Gasteiger partial charge in [-0.05, 0) is 52.4 Å². The standard InChI is InChI=1S/C22H19NO/c1-12-10-13(22(2,3)4)11-15-14-6-5-7-16-19(14)20-17(24-16)8-9-23-21(20)18(12)15/h5-11H,1-4H3. The zero-order valence-corrected chi connectivity index (χ0v) is 14.4. The third-order valence-electron chi connectivity index (χ3n) is 5.14. The quantitative estimate of drug-likeness (QED) is 0.312. The molecule has 5 rings (SSSR count). The summed E-state index contributed by atoms with van der Waals surface area (Å²) in [6.07, 6.45) is 1.85. The fraction of sp³-hybridized carbons (Fsp3) is 0.227. The Morgan fingerprint density at radius 1 is 0.875 bits per heavy atom. The highest BCUT2D eigenvalue weighted by Crippen LogP contribution is 2.43. The zero-order valence-electron chi connectivity index (χ0n) is 14.4. The van der Waals surface area contributed by atoms with Gasteiger partial charge in [-0.2, -0.15) is 0 Å². The molecule has 0 spiro atoms. The second kappa shape index (κ2) is 4.27. The van der Waals surface area contributed by atoms with Crippen LogP contribution in [0.2, 0.25) is 0 Å². The molecule has 0 fully saturated rings. The highest BCUT2D eigenvalue weighted by Gasteiger charge is 2.21. The second-order valence-electron chi connectivity index (χ2n) is 7.78. The number of hydrogen-bond acceptors (Lipinski definition) is 2. The van der Waals surface area contributed by atoms with Gasteiger partial charge in [-0.15, -0.1) is 0 Å². The number of aromatic nitrogens is 1. The summed E-state index contributed by atoms with van der Waals surface area (Å²) in [6, 6.07) is 13.0. The monoisotopic (exact) mass is 313 g/mol. The molecule has 5 aromatic rings. The number of aryl methyl sites for hydroxylation is 1. The van der Waals surface area contributed by atoms with Crippen LogP contribution >= 0.6 is 0 Å². The van der Waals surface area contributed by atoms with Crippen LogP contribution in [-0.4, -0.2) is 4.98 Å². The Morgan fingerprint density at radius 2 is 1.67 bits per heavy atom. The van der Waals surface area contributed by atoms with Crippen molar-refractivity contribution in [3.63, 3.8) is 0 Å². The number of fused-ring (bicyclic) bond motifs is 3. The molecule has 0 amide bonds. The Morgan fingerprint density at radius 3 is 2.46 bits per heavy atom. The molecule has 2 aromatic heterocycles. The SMILES string of the molecule is Cc1cc(C(C)(C)C)cc2c3cccc4oc5ccnc(c12)c5c43. The molecule has 24 heavy (non-hydrogen) atoms. The van der Waals surface area contributed by atoms with Crippen LogP contribution in [0.5, 0.6) is 0 Å². The molecule has 3 aromatic carbocycles. The molecular formula is C22H19NO. The highest BCUT2D eigenvalue weighted by molar-refractivity contribution is 6.32. The minimum Gasteiger partial charge on any atom is -0.456 e. The average molecular weight is 313 g/mol. The lowest BCUT2D eigenvalue weighted by atomic mass is 9.83. The van der Waals surface area contributed by atoms with E-state index in [4.69, 9.17) is 9.40 Å². The van der Waals surface area contributed by atoms with E-state index in [2.05, 4.69) is 52.0 Å². The molecule has 2 nitrogen and oxygen atoms in total. The summed E-state index contributed by atoms with van der Waals surface area (Å²) in [5, 5.41) is 6.14. The molecule has 0 N–H and O–H groups in total. The van der Waals surface area contributed by atoms with Gasteiger partial charge in [-0.25, -0.2) is 0 Å². The molecule has 0 atom stereocenters. The molecule has 0 aliphatic rings. The van der Waals surface area contributed by atoms with Gasteiger partial charge in [0.25, 0.3) is 0 Å². The van der Waals surface area contributed by atoms with Gasteiger partial charge in [-0.3, -0.25) is 4.98 Å². The number of benzene rings is 3. The van der Waals surface area contributed by atoms with Gasteiger partial charge in [0.05, 0.1) is 10.9 Å². The third-order valence-corrected chi connectivity index (χ3v) is 5.14. The molecule has 118 valence electrons. The Hall–Kier alpha value is -2.61. The van der Waals surface area contributed by atoms with E-state index in [0.717, 1.165) is 22.1 Å². The van der Waals surface area contributed by atoms with Crippen molar-refractivity contribution in [2.24, 2.45) is 0 Å². The predicted octanol–water partition coefficient (Wildman–Crippen LogP) is 6.33. The van der Waals surface area contributed by atoms with Crippen LogP contribution in [0, 0.1) is 6.92 Å². The average Bonchev–Trinajstić information content (AvgIpc) is 2.92. The van der Waals surface area contributed by atoms with E-state index in [0.29, 0.717) is 0 Å². The first-order valence-electron chi connectivity index (χ1n) is 8.41. The number of rotatable bonds is 0. The molecule has 0 bridgehead atoms. The summed E-state index contributed by atoms with van der Waals surface area (Å²) < 4.78 is 6.08. The molecular weight excluding hydrogens is 294 g/mol. The van der Waals surface area contributed by atoms with Crippen molar-refractivity contribution in [2.75, 3.05) is 0 Å². The van der Waals surface area contributed by atoms with Crippen molar-refractivity contribution in [3.8, 4) is 0 Å². The van der Waals surface area contributed by atoms with Crippen molar-refractivity contribution in [1.29, 1.82) is 0 Å². The first-order valence-corrected chi connectivity index (χ1v) is 8.41. The maximum Gasteiger partial charge on any atom is 0.139 e. The lowest BCUT2D eigenvalue weighted by Crippen LogP contribution is -2.11. The summed E-state index contributed by atoms with van der Waals surface area (Å²) in [5.74, 6) is 0. The summed E-state index contributed by atoms with van der Waals surface area (Å²) in [5.41, 5.74) is 5.67. The fourth-order valence-corrected chi connectivity index (χ4v) is 3.92. The van der Waals surface area contributed by atoms with Gasteiger partial charge in [0, 0.05) is 17.0 Å². The molecule has 2 heterocycles. The molecule has 2 heteroatoms. The Balaban J connectivity index is 2.15. The topological polar surface area (TPSA) is 26.0 Å². The van der Waals surface area contributed by atoms with Crippen molar-refractivity contribution in [3.05, 3.63) is 53.7 Å². The lowest BCUT2D eigenvalue weighted by molar-refractivity contribution is 0.590. The van der Waals surface area contributed by atoms with Crippen LogP contribution in [0.15, 0.2) is 47.0 Å². The van der Waals surface area contributed by atoms with E-state index < -0.39 is 0 Å². The number of nitrogens with zero attached hydrogens (tertiary/aromatic N) is 1. The normalized spacial score (nSPS) is 13.0. The van der Waals surface area contributed by atoms with E-state index in [1.807, 2.05) is 18.3 Å². The number of pyridine rings is 1. The molecule has 0 saturated carbocycles. The first-order chi connectivity index (χ1) is 11.4. The zero-order chi connectivity index (χ0) is 16.6. The lowest BCUT2D eigenvalue weighted by Gasteiger charge is -2.21. The maximum atomic E-state index is 6.08. The molecule has 0 saturated heterocycles.